The fraction of sp³-hybridized carbons (Fsp3) is 0.273. The molecule has 2 aromatic rings. The largest absolute Gasteiger partial charge is 0.468 e. The van der Waals surface area contributed by atoms with Gasteiger partial charge in [0.1, 0.15) is 9.97 Å². The fourth-order valence-corrected chi connectivity index (χ4v) is 4.00. The normalized spacial score (nSPS) is 11.5. The molecule has 0 saturated carbocycles. The summed E-state index contributed by atoms with van der Waals surface area (Å²) in [6.45, 7) is 2.21. The topological polar surface area (TPSA) is 114 Å². The standard InChI is InChI=1S/C11H13N3O5S2/c1-2-12-11-9(14(15)16)6-10(20-11)21(17,18)13-7-8-4-3-5-19-8/h3-6,12-13H,2,7H2,1H3. The van der Waals surface area contributed by atoms with Gasteiger partial charge in [-0.05, 0) is 19.1 Å². The van der Waals surface area contributed by atoms with Gasteiger partial charge >= 0.3 is 5.69 Å². The van der Waals surface area contributed by atoms with Crippen LogP contribution in [0.15, 0.2) is 33.1 Å². The second-order valence-electron chi connectivity index (χ2n) is 3.97. The number of nitrogens with one attached hydrogen (secondary N) is 2. The molecule has 0 aliphatic heterocycles. The molecule has 0 aliphatic rings. The Bertz CT molecular complexity index is 721. The Morgan fingerprint density at radius 3 is 2.81 bits per heavy atom. The highest BCUT2D eigenvalue weighted by atomic mass is 32.2. The summed E-state index contributed by atoms with van der Waals surface area (Å²) >= 11 is 0.823. The number of rotatable bonds is 7. The van der Waals surface area contributed by atoms with E-state index in [1.807, 2.05) is 0 Å². The molecule has 0 unspecified atom stereocenters. The predicted molar refractivity (Wildman–Crippen MR) is 77.9 cm³/mol. The van der Waals surface area contributed by atoms with Crippen molar-refractivity contribution in [3.63, 3.8) is 0 Å². The van der Waals surface area contributed by atoms with E-state index in [1.54, 1.807) is 19.1 Å². The third kappa shape index (κ3) is 3.60. The molecule has 0 fully saturated rings. The van der Waals surface area contributed by atoms with Crippen molar-refractivity contribution in [2.75, 3.05) is 11.9 Å². The molecule has 0 bridgehead atoms. The van der Waals surface area contributed by atoms with Gasteiger partial charge in [0.25, 0.3) is 10.0 Å². The SMILES string of the molecule is CCNc1sc(S(=O)(=O)NCc2ccco2)cc1[N+](=O)[O-]. The van der Waals surface area contributed by atoms with Crippen molar-refractivity contribution in [3.05, 3.63) is 40.3 Å². The second-order valence-corrected chi connectivity index (χ2v) is 7.02. The van der Waals surface area contributed by atoms with Crippen LogP contribution in [0.25, 0.3) is 0 Å². The maximum absolute atomic E-state index is 12.1. The lowest BCUT2D eigenvalue weighted by molar-refractivity contribution is -0.383. The van der Waals surface area contributed by atoms with E-state index in [0.717, 1.165) is 17.4 Å². The molecule has 2 rings (SSSR count). The Hall–Kier alpha value is -1.91. The Labute approximate surface area is 125 Å². The van der Waals surface area contributed by atoms with Gasteiger partial charge in [0.15, 0.2) is 5.00 Å². The van der Waals surface area contributed by atoms with E-state index in [0.29, 0.717) is 12.3 Å². The van der Waals surface area contributed by atoms with Crippen LogP contribution in [0.4, 0.5) is 10.7 Å². The summed E-state index contributed by atoms with van der Waals surface area (Å²) in [5.41, 5.74) is -0.250. The van der Waals surface area contributed by atoms with Crippen molar-refractivity contribution in [3.8, 4) is 0 Å². The van der Waals surface area contributed by atoms with Gasteiger partial charge in [0, 0.05) is 12.6 Å². The van der Waals surface area contributed by atoms with Crippen LogP contribution < -0.4 is 10.0 Å². The molecule has 8 nitrogen and oxygen atoms in total. The molecule has 114 valence electrons. The number of nitrogens with zero attached hydrogens (tertiary/aromatic N) is 1. The predicted octanol–water partition coefficient (Wildman–Crippen LogP) is 2.16. The fourth-order valence-electron chi connectivity index (χ4n) is 1.57. The Balaban J connectivity index is 2.23. The zero-order valence-corrected chi connectivity index (χ0v) is 12.7. The maximum atomic E-state index is 12.1. The lowest BCUT2D eigenvalue weighted by Crippen LogP contribution is -2.22. The van der Waals surface area contributed by atoms with Crippen molar-refractivity contribution in [2.24, 2.45) is 0 Å². The molecule has 0 aromatic carbocycles. The van der Waals surface area contributed by atoms with Crippen LogP contribution in [0.1, 0.15) is 12.7 Å². The van der Waals surface area contributed by atoms with Crippen LogP contribution in [-0.4, -0.2) is 19.9 Å². The summed E-state index contributed by atoms with van der Waals surface area (Å²) in [7, 11) is -3.83. The van der Waals surface area contributed by atoms with Crippen LogP contribution in [-0.2, 0) is 16.6 Å². The molecule has 0 atom stereocenters. The number of furan rings is 1. The number of sulfonamides is 1. The highest BCUT2D eigenvalue weighted by Gasteiger charge is 2.25. The summed E-state index contributed by atoms with van der Waals surface area (Å²) < 4.78 is 31.5. The van der Waals surface area contributed by atoms with E-state index in [2.05, 4.69) is 10.0 Å². The minimum absolute atomic E-state index is 0.0163. The first-order valence-electron chi connectivity index (χ1n) is 5.98. The van der Waals surface area contributed by atoms with Gasteiger partial charge in [-0.1, -0.05) is 11.3 Å². The third-order valence-corrected chi connectivity index (χ3v) is 5.46. The molecule has 0 amide bonds. The molecule has 2 N–H and O–H groups in total. The molecule has 21 heavy (non-hydrogen) atoms. The van der Waals surface area contributed by atoms with Crippen LogP contribution in [0.5, 0.6) is 0 Å². The molecule has 2 heterocycles. The molecule has 0 aliphatic carbocycles. The van der Waals surface area contributed by atoms with Gasteiger partial charge in [-0.25, -0.2) is 13.1 Å². The highest BCUT2D eigenvalue weighted by molar-refractivity contribution is 7.91. The van der Waals surface area contributed by atoms with Gasteiger partial charge in [0.2, 0.25) is 0 Å². The molecule has 0 spiro atoms. The lowest BCUT2D eigenvalue weighted by Gasteiger charge is -2.01. The average molecular weight is 331 g/mol. The number of thiophene rings is 1. The summed E-state index contributed by atoms with van der Waals surface area (Å²) in [6.07, 6.45) is 1.43. The van der Waals surface area contributed by atoms with Gasteiger partial charge in [-0.2, -0.15) is 0 Å². The van der Waals surface area contributed by atoms with Crippen molar-refractivity contribution in [2.45, 2.75) is 17.7 Å². The number of nitro groups is 1. The monoisotopic (exact) mass is 331 g/mol. The van der Waals surface area contributed by atoms with Gasteiger partial charge in [-0.15, -0.1) is 0 Å². The van der Waals surface area contributed by atoms with Gasteiger partial charge < -0.3 is 9.73 Å². The quantitative estimate of drug-likeness (QED) is 0.593. The average Bonchev–Trinajstić information content (AvgIpc) is 3.06. The third-order valence-electron chi connectivity index (χ3n) is 2.51. The van der Waals surface area contributed by atoms with Crippen molar-refractivity contribution >= 4 is 32.0 Å². The highest BCUT2D eigenvalue weighted by Crippen LogP contribution is 2.36. The van der Waals surface area contributed by atoms with Crippen LogP contribution in [0.3, 0.4) is 0 Å². The summed E-state index contributed by atoms with van der Waals surface area (Å²) in [6, 6.07) is 4.32. The minimum atomic E-state index is -3.83. The number of hydrogen-bond acceptors (Lipinski definition) is 7. The van der Waals surface area contributed by atoms with Gasteiger partial charge in [0.05, 0.1) is 17.7 Å². The van der Waals surface area contributed by atoms with Crippen molar-refractivity contribution in [1.29, 1.82) is 0 Å². The minimum Gasteiger partial charge on any atom is -0.468 e. The smallest absolute Gasteiger partial charge is 0.304 e. The second kappa shape index (κ2) is 6.24. The Morgan fingerprint density at radius 1 is 1.48 bits per heavy atom. The zero-order valence-electron chi connectivity index (χ0n) is 11.0. The number of anilines is 1. The van der Waals surface area contributed by atoms with Crippen LogP contribution in [0.2, 0.25) is 0 Å². The molecule has 10 heteroatoms. The first-order valence-corrected chi connectivity index (χ1v) is 8.28. The summed E-state index contributed by atoms with van der Waals surface area (Å²) in [5, 5.41) is 13.9. The van der Waals surface area contributed by atoms with E-state index < -0.39 is 14.9 Å². The molecule has 0 saturated heterocycles. The maximum Gasteiger partial charge on any atom is 0.304 e. The first-order chi connectivity index (χ1) is 9.94. The van der Waals surface area contributed by atoms with Crippen LogP contribution >= 0.6 is 11.3 Å². The van der Waals surface area contributed by atoms with Crippen molar-refractivity contribution < 1.29 is 17.8 Å². The first kappa shape index (κ1) is 15.5. The number of hydrogen-bond donors (Lipinski definition) is 2. The lowest BCUT2D eigenvalue weighted by atomic mass is 10.5. The van der Waals surface area contributed by atoms with E-state index in [4.69, 9.17) is 4.42 Å². The van der Waals surface area contributed by atoms with E-state index in [-0.39, 0.29) is 21.4 Å². The molecule has 0 radical (unpaired) electrons. The molecular weight excluding hydrogens is 318 g/mol. The van der Waals surface area contributed by atoms with Crippen LogP contribution in [0, 0.1) is 10.1 Å². The van der Waals surface area contributed by atoms with Crippen molar-refractivity contribution in [1.82, 2.24) is 4.72 Å². The summed E-state index contributed by atoms with van der Waals surface area (Å²) in [4.78, 5) is 10.3. The van der Waals surface area contributed by atoms with E-state index in [9.17, 15) is 18.5 Å². The van der Waals surface area contributed by atoms with E-state index >= 15 is 0 Å². The molecule has 2 aromatic heterocycles. The Morgan fingerprint density at radius 2 is 2.24 bits per heavy atom. The Kier molecular flexibility index (Phi) is 4.60. The zero-order chi connectivity index (χ0) is 15.5. The summed E-state index contributed by atoms with van der Waals surface area (Å²) in [5.74, 6) is 0.455. The van der Waals surface area contributed by atoms with E-state index in [1.165, 1.54) is 6.26 Å². The molecular formula is C11H13N3O5S2. The van der Waals surface area contributed by atoms with Gasteiger partial charge in [-0.3, -0.25) is 10.1 Å².